The second-order valence-corrected chi connectivity index (χ2v) is 10.0. The van der Waals surface area contributed by atoms with Gasteiger partial charge in [0, 0.05) is 58.0 Å². The fourth-order valence-electron chi connectivity index (χ4n) is 3.92. The first-order valence-electron chi connectivity index (χ1n) is 10.1. The van der Waals surface area contributed by atoms with Gasteiger partial charge in [-0.05, 0) is 37.5 Å². The Labute approximate surface area is 192 Å². The number of nitrogens with zero attached hydrogens (tertiary/aromatic N) is 3. The summed E-state index contributed by atoms with van der Waals surface area (Å²) >= 11 is 0. The van der Waals surface area contributed by atoms with E-state index >= 15 is 0 Å². The zero-order valence-electron chi connectivity index (χ0n) is 17.6. The molecule has 0 spiro atoms. The van der Waals surface area contributed by atoms with Crippen molar-refractivity contribution in [3.63, 3.8) is 0 Å². The SMILES string of the molecule is CN=C(NCCN1CCN(c2cccc(C)c2C)CC1)NC1CCS(=O)(=O)C1.I. The molecule has 1 aromatic rings. The van der Waals surface area contributed by atoms with Crippen LogP contribution in [0.1, 0.15) is 17.5 Å². The van der Waals surface area contributed by atoms with Gasteiger partial charge in [-0.3, -0.25) is 9.89 Å². The van der Waals surface area contributed by atoms with Crippen molar-refractivity contribution in [1.29, 1.82) is 0 Å². The lowest BCUT2D eigenvalue weighted by molar-refractivity contribution is 0.261. The number of halogens is 1. The Bertz CT molecular complexity index is 807. The van der Waals surface area contributed by atoms with E-state index in [1.807, 2.05) is 0 Å². The molecule has 0 bridgehead atoms. The van der Waals surface area contributed by atoms with Gasteiger partial charge in [-0.2, -0.15) is 0 Å². The highest BCUT2D eigenvalue weighted by Crippen LogP contribution is 2.23. The van der Waals surface area contributed by atoms with Crippen LogP contribution in [0.4, 0.5) is 5.69 Å². The summed E-state index contributed by atoms with van der Waals surface area (Å²) in [5.41, 5.74) is 4.08. The molecule has 29 heavy (non-hydrogen) atoms. The van der Waals surface area contributed by atoms with Gasteiger partial charge < -0.3 is 15.5 Å². The summed E-state index contributed by atoms with van der Waals surface area (Å²) < 4.78 is 23.2. The summed E-state index contributed by atoms with van der Waals surface area (Å²) in [6.07, 6.45) is 0.656. The fraction of sp³-hybridized carbons (Fsp3) is 0.650. The van der Waals surface area contributed by atoms with Crippen molar-refractivity contribution in [2.75, 3.05) is 62.7 Å². The molecule has 2 heterocycles. The lowest BCUT2D eigenvalue weighted by Crippen LogP contribution is -2.50. The van der Waals surface area contributed by atoms with Crippen LogP contribution in [0.25, 0.3) is 0 Å². The summed E-state index contributed by atoms with van der Waals surface area (Å²) in [5.74, 6) is 1.16. The smallest absolute Gasteiger partial charge is 0.191 e. The molecule has 0 radical (unpaired) electrons. The average molecular weight is 535 g/mol. The molecule has 0 amide bonds. The molecule has 2 aliphatic rings. The maximum Gasteiger partial charge on any atom is 0.191 e. The largest absolute Gasteiger partial charge is 0.369 e. The number of piperazine rings is 1. The Morgan fingerprint density at radius 1 is 1.21 bits per heavy atom. The van der Waals surface area contributed by atoms with Gasteiger partial charge in [0.15, 0.2) is 15.8 Å². The average Bonchev–Trinajstić information content (AvgIpc) is 3.02. The number of nitrogens with one attached hydrogen (secondary N) is 2. The minimum atomic E-state index is -2.88. The van der Waals surface area contributed by atoms with Gasteiger partial charge >= 0.3 is 0 Å². The summed E-state index contributed by atoms with van der Waals surface area (Å²) in [4.78, 5) is 9.16. The van der Waals surface area contributed by atoms with Crippen LogP contribution < -0.4 is 15.5 Å². The molecule has 0 aromatic heterocycles. The van der Waals surface area contributed by atoms with E-state index in [1.165, 1.54) is 16.8 Å². The summed E-state index contributed by atoms with van der Waals surface area (Å²) in [6, 6.07) is 6.50. The lowest BCUT2D eigenvalue weighted by Gasteiger charge is -2.37. The van der Waals surface area contributed by atoms with Gasteiger partial charge in [-0.15, -0.1) is 24.0 Å². The van der Waals surface area contributed by atoms with Crippen molar-refractivity contribution in [2.45, 2.75) is 26.3 Å². The van der Waals surface area contributed by atoms with Crippen LogP contribution in [-0.4, -0.2) is 83.1 Å². The third-order valence-electron chi connectivity index (χ3n) is 5.81. The molecule has 164 valence electrons. The van der Waals surface area contributed by atoms with Crippen LogP contribution in [-0.2, 0) is 9.84 Å². The van der Waals surface area contributed by atoms with Gasteiger partial charge in [0.25, 0.3) is 0 Å². The number of aliphatic imine (C=N–C) groups is 1. The molecule has 0 saturated carbocycles. The molecule has 2 saturated heterocycles. The Kier molecular flexibility index (Phi) is 9.02. The monoisotopic (exact) mass is 535 g/mol. The van der Waals surface area contributed by atoms with E-state index < -0.39 is 9.84 Å². The van der Waals surface area contributed by atoms with Gasteiger partial charge in [0.05, 0.1) is 11.5 Å². The molecule has 1 atom stereocenters. The van der Waals surface area contributed by atoms with Gasteiger partial charge in [0.2, 0.25) is 0 Å². The number of aryl methyl sites for hydroxylation is 1. The van der Waals surface area contributed by atoms with E-state index in [-0.39, 0.29) is 41.5 Å². The van der Waals surface area contributed by atoms with Crippen molar-refractivity contribution >= 4 is 45.5 Å². The van der Waals surface area contributed by atoms with E-state index in [0.29, 0.717) is 12.4 Å². The molecule has 0 aliphatic carbocycles. The number of hydrogen-bond acceptors (Lipinski definition) is 5. The number of sulfone groups is 1. The van der Waals surface area contributed by atoms with Gasteiger partial charge in [-0.25, -0.2) is 8.42 Å². The van der Waals surface area contributed by atoms with E-state index in [2.05, 4.69) is 57.5 Å². The molecule has 7 nitrogen and oxygen atoms in total. The molecule has 1 unspecified atom stereocenters. The standard InChI is InChI=1S/C20H33N5O2S.HI/c1-16-5-4-6-19(17(16)2)25-12-10-24(11-13-25)9-8-22-20(21-3)23-18-7-14-28(26,27)15-18;/h4-6,18H,7-15H2,1-3H3,(H2,21,22,23);1H. The number of hydrogen-bond donors (Lipinski definition) is 2. The van der Waals surface area contributed by atoms with Crippen molar-refractivity contribution in [3.8, 4) is 0 Å². The van der Waals surface area contributed by atoms with E-state index in [4.69, 9.17) is 0 Å². The van der Waals surface area contributed by atoms with Crippen LogP contribution in [0.5, 0.6) is 0 Å². The summed E-state index contributed by atoms with van der Waals surface area (Å²) in [7, 11) is -1.16. The van der Waals surface area contributed by atoms with Gasteiger partial charge in [0.1, 0.15) is 0 Å². The highest BCUT2D eigenvalue weighted by atomic mass is 127. The maximum atomic E-state index is 11.6. The van der Waals surface area contributed by atoms with Crippen molar-refractivity contribution < 1.29 is 8.42 Å². The van der Waals surface area contributed by atoms with Crippen LogP contribution in [0.15, 0.2) is 23.2 Å². The molecule has 3 rings (SSSR count). The third-order valence-corrected chi connectivity index (χ3v) is 7.57. The molecule has 2 aliphatic heterocycles. The quantitative estimate of drug-likeness (QED) is 0.337. The Balaban J connectivity index is 0.00000300. The first-order valence-corrected chi connectivity index (χ1v) is 11.9. The molecular formula is C20H34IN5O2S. The van der Waals surface area contributed by atoms with Crippen LogP contribution in [0.3, 0.4) is 0 Å². The zero-order chi connectivity index (χ0) is 20.1. The highest BCUT2D eigenvalue weighted by Gasteiger charge is 2.28. The van der Waals surface area contributed by atoms with E-state index in [0.717, 1.165) is 39.3 Å². The second-order valence-electron chi connectivity index (χ2n) is 7.79. The Morgan fingerprint density at radius 2 is 1.93 bits per heavy atom. The Morgan fingerprint density at radius 3 is 2.55 bits per heavy atom. The molecule has 2 N–H and O–H groups in total. The summed E-state index contributed by atoms with van der Waals surface area (Å²) in [6.45, 7) is 10.3. The lowest BCUT2D eigenvalue weighted by atomic mass is 10.1. The number of guanidine groups is 1. The van der Waals surface area contributed by atoms with Crippen molar-refractivity contribution in [1.82, 2.24) is 15.5 Å². The molecule has 1 aromatic carbocycles. The fourth-order valence-corrected chi connectivity index (χ4v) is 5.59. The maximum absolute atomic E-state index is 11.6. The zero-order valence-corrected chi connectivity index (χ0v) is 20.8. The molecule has 9 heteroatoms. The van der Waals surface area contributed by atoms with E-state index in [9.17, 15) is 8.42 Å². The van der Waals surface area contributed by atoms with Crippen LogP contribution in [0.2, 0.25) is 0 Å². The topological polar surface area (TPSA) is 77.0 Å². The molecule has 2 fully saturated rings. The predicted octanol–water partition coefficient (Wildman–Crippen LogP) is 1.40. The second kappa shape index (κ2) is 10.8. The Hall–Kier alpha value is -1.07. The first-order chi connectivity index (χ1) is 13.4. The van der Waals surface area contributed by atoms with Crippen LogP contribution in [0, 0.1) is 13.8 Å². The predicted molar refractivity (Wildman–Crippen MR) is 132 cm³/mol. The minimum Gasteiger partial charge on any atom is -0.369 e. The van der Waals surface area contributed by atoms with Crippen molar-refractivity contribution in [3.05, 3.63) is 29.3 Å². The normalized spacial score (nSPS) is 22.2. The number of rotatable bonds is 5. The van der Waals surface area contributed by atoms with Crippen molar-refractivity contribution in [2.24, 2.45) is 4.99 Å². The third kappa shape index (κ3) is 6.71. The highest BCUT2D eigenvalue weighted by molar-refractivity contribution is 14.0. The molecular weight excluding hydrogens is 501 g/mol. The minimum absolute atomic E-state index is 0. The first kappa shape index (κ1) is 24.2. The summed E-state index contributed by atoms with van der Waals surface area (Å²) in [5, 5.41) is 6.55. The number of benzene rings is 1. The van der Waals surface area contributed by atoms with E-state index in [1.54, 1.807) is 7.05 Å². The number of anilines is 1. The van der Waals surface area contributed by atoms with Crippen LogP contribution >= 0.6 is 24.0 Å². The van der Waals surface area contributed by atoms with Gasteiger partial charge in [-0.1, -0.05) is 12.1 Å².